The highest BCUT2D eigenvalue weighted by molar-refractivity contribution is 5.91. The number of nitrogens with one attached hydrogen (secondary N) is 1. The lowest BCUT2D eigenvalue weighted by Gasteiger charge is -2.00. The molecule has 12 heavy (non-hydrogen) atoms. The van der Waals surface area contributed by atoms with E-state index in [0.29, 0.717) is 5.88 Å². The molecule has 1 amide bonds. The van der Waals surface area contributed by atoms with Gasteiger partial charge < -0.3 is 4.74 Å². The summed E-state index contributed by atoms with van der Waals surface area (Å²) in [5, 5.41) is 0. The fourth-order valence-electron chi connectivity index (χ4n) is 0.729. The zero-order chi connectivity index (χ0) is 8.97. The molecule has 0 spiro atoms. The summed E-state index contributed by atoms with van der Waals surface area (Å²) in [7, 11) is 1.48. The largest absolute Gasteiger partial charge is 0.481 e. The van der Waals surface area contributed by atoms with E-state index < -0.39 is 5.91 Å². The number of nitrogens with two attached hydrogens (primary N) is 1. The maximum absolute atomic E-state index is 10.9. The highest BCUT2D eigenvalue weighted by Gasteiger charge is 2.04. The normalized spacial score (nSPS) is 9.17. The number of hydrazine groups is 1. The van der Waals surface area contributed by atoms with Crippen LogP contribution in [0.4, 0.5) is 0 Å². The van der Waals surface area contributed by atoms with Crippen molar-refractivity contribution in [3.63, 3.8) is 0 Å². The van der Waals surface area contributed by atoms with Crippen molar-refractivity contribution < 1.29 is 9.53 Å². The Bertz CT molecular complexity index is 288. The summed E-state index contributed by atoms with van der Waals surface area (Å²) in [5.74, 6) is 4.86. The van der Waals surface area contributed by atoms with Gasteiger partial charge in [-0.3, -0.25) is 10.2 Å². The van der Waals surface area contributed by atoms with Crippen molar-refractivity contribution in [2.75, 3.05) is 7.11 Å². The molecule has 0 aliphatic rings. The molecular weight excluding hydrogens is 158 g/mol. The molecule has 1 aromatic rings. The van der Waals surface area contributed by atoms with Crippen LogP contribution in [0.15, 0.2) is 18.2 Å². The number of methoxy groups -OCH3 is 1. The molecule has 0 aliphatic carbocycles. The van der Waals surface area contributed by atoms with Crippen LogP contribution < -0.4 is 16.0 Å². The summed E-state index contributed by atoms with van der Waals surface area (Å²) in [6, 6.07) is 4.86. The molecule has 0 atom stereocenters. The van der Waals surface area contributed by atoms with E-state index in [9.17, 15) is 4.79 Å². The quantitative estimate of drug-likeness (QED) is 0.360. The van der Waals surface area contributed by atoms with Crippen LogP contribution in [-0.4, -0.2) is 18.0 Å². The number of hydrogen-bond donors (Lipinski definition) is 2. The maximum Gasteiger partial charge on any atom is 0.283 e. The maximum atomic E-state index is 10.9. The fraction of sp³-hybridized carbons (Fsp3) is 0.143. The molecule has 0 fully saturated rings. The van der Waals surface area contributed by atoms with Gasteiger partial charge in [0.1, 0.15) is 5.69 Å². The Morgan fingerprint density at radius 1 is 1.67 bits per heavy atom. The SMILES string of the molecule is COc1cccc(C(=O)NN)n1. The predicted molar refractivity (Wildman–Crippen MR) is 42.4 cm³/mol. The second kappa shape index (κ2) is 3.68. The molecule has 0 unspecified atom stereocenters. The van der Waals surface area contributed by atoms with Gasteiger partial charge in [0.25, 0.3) is 5.91 Å². The molecule has 3 N–H and O–H groups in total. The Labute approximate surface area is 69.5 Å². The van der Waals surface area contributed by atoms with Crippen molar-refractivity contribution in [2.45, 2.75) is 0 Å². The lowest BCUT2D eigenvalue weighted by Crippen LogP contribution is -2.30. The van der Waals surface area contributed by atoms with Crippen LogP contribution in [0.5, 0.6) is 5.88 Å². The molecule has 0 aliphatic heterocycles. The van der Waals surface area contributed by atoms with Crippen molar-refractivity contribution in [1.29, 1.82) is 0 Å². The third kappa shape index (κ3) is 1.70. The zero-order valence-electron chi connectivity index (χ0n) is 6.57. The smallest absolute Gasteiger partial charge is 0.283 e. The Kier molecular flexibility index (Phi) is 2.60. The Balaban J connectivity index is 2.93. The number of amides is 1. The molecule has 0 bridgehead atoms. The van der Waals surface area contributed by atoms with Gasteiger partial charge in [0.2, 0.25) is 5.88 Å². The predicted octanol–water partition coefficient (Wildman–Crippen LogP) is -0.306. The van der Waals surface area contributed by atoms with E-state index in [0.717, 1.165) is 0 Å². The Morgan fingerprint density at radius 2 is 2.42 bits per heavy atom. The van der Waals surface area contributed by atoms with Crippen molar-refractivity contribution in [1.82, 2.24) is 10.4 Å². The summed E-state index contributed by atoms with van der Waals surface area (Å²) in [6.45, 7) is 0. The first-order chi connectivity index (χ1) is 5.77. The number of nitrogen functional groups attached to an aromatic ring is 1. The monoisotopic (exact) mass is 167 g/mol. The van der Waals surface area contributed by atoms with Gasteiger partial charge in [0, 0.05) is 6.07 Å². The van der Waals surface area contributed by atoms with Gasteiger partial charge in [-0.25, -0.2) is 10.8 Å². The molecule has 0 radical (unpaired) electrons. The molecule has 0 saturated heterocycles. The minimum atomic E-state index is -0.436. The van der Waals surface area contributed by atoms with E-state index in [4.69, 9.17) is 10.6 Å². The Morgan fingerprint density at radius 3 is 3.00 bits per heavy atom. The molecule has 1 aromatic heterocycles. The minimum absolute atomic E-state index is 0.233. The number of carbonyl (C=O) groups is 1. The van der Waals surface area contributed by atoms with Gasteiger partial charge in [0.15, 0.2) is 0 Å². The van der Waals surface area contributed by atoms with Crippen LogP contribution in [-0.2, 0) is 0 Å². The molecule has 0 aromatic carbocycles. The average Bonchev–Trinajstić information content (AvgIpc) is 2.17. The first kappa shape index (κ1) is 8.48. The first-order valence-corrected chi connectivity index (χ1v) is 3.30. The average molecular weight is 167 g/mol. The van der Waals surface area contributed by atoms with Crippen LogP contribution in [0.3, 0.4) is 0 Å². The number of pyridine rings is 1. The number of rotatable bonds is 2. The van der Waals surface area contributed by atoms with Crippen molar-refractivity contribution >= 4 is 5.91 Å². The molecule has 64 valence electrons. The van der Waals surface area contributed by atoms with Gasteiger partial charge in [0.05, 0.1) is 7.11 Å². The Hall–Kier alpha value is -1.62. The third-order valence-corrected chi connectivity index (χ3v) is 1.30. The molecular formula is C7H9N3O2. The van der Waals surface area contributed by atoms with E-state index in [1.54, 1.807) is 18.2 Å². The second-order valence-corrected chi connectivity index (χ2v) is 2.04. The molecule has 5 heteroatoms. The van der Waals surface area contributed by atoms with Gasteiger partial charge in [-0.2, -0.15) is 0 Å². The van der Waals surface area contributed by atoms with E-state index in [-0.39, 0.29) is 5.69 Å². The van der Waals surface area contributed by atoms with Gasteiger partial charge >= 0.3 is 0 Å². The summed E-state index contributed by atoms with van der Waals surface area (Å²) in [4.78, 5) is 14.8. The topological polar surface area (TPSA) is 77.2 Å². The first-order valence-electron chi connectivity index (χ1n) is 3.30. The second-order valence-electron chi connectivity index (χ2n) is 2.04. The van der Waals surface area contributed by atoms with Gasteiger partial charge in [-0.05, 0) is 6.07 Å². The van der Waals surface area contributed by atoms with Crippen molar-refractivity contribution in [2.24, 2.45) is 5.84 Å². The summed E-state index contributed by atoms with van der Waals surface area (Å²) in [5.41, 5.74) is 2.21. The number of hydrogen-bond acceptors (Lipinski definition) is 4. The van der Waals surface area contributed by atoms with E-state index in [1.165, 1.54) is 7.11 Å². The van der Waals surface area contributed by atoms with Crippen LogP contribution in [0.2, 0.25) is 0 Å². The fourth-order valence-corrected chi connectivity index (χ4v) is 0.729. The van der Waals surface area contributed by atoms with Gasteiger partial charge in [-0.15, -0.1) is 0 Å². The van der Waals surface area contributed by atoms with E-state index >= 15 is 0 Å². The van der Waals surface area contributed by atoms with Crippen LogP contribution in [0, 0.1) is 0 Å². The highest BCUT2D eigenvalue weighted by Crippen LogP contribution is 2.05. The summed E-state index contributed by atoms with van der Waals surface area (Å²) >= 11 is 0. The standard InChI is InChI=1S/C7H9N3O2/c1-12-6-4-2-3-5(9-6)7(11)10-8/h2-4H,8H2,1H3,(H,10,11). The zero-order valence-corrected chi connectivity index (χ0v) is 6.57. The van der Waals surface area contributed by atoms with E-state index in [1.807, 2.05) is 5.43 Å². The molecule has 5 nitrogen and oxygen atoms in total. The van der Waals surface area contributed by atoms with E-state index in [2.05, 4.69) is 4.98 Å². The van der Waals surface area contributed by atoms with Crippen LogP contribution in [0.25, 0.3) is 0 Å². The van der Waals surface area contributed by atoms with Crippen LogP contribution in [0.1, 0.15) is 10.5 Å². The third-order valence-electron chi connectivity index (χ3n) is 1.30. The number of nitrogens with zero attached hydrogens (tertiary/aromatic N) is 1. The lowest BCUT2D eigenvalue weighted by atomic mass is 10.3. The summed E-state index contributed by atoms with van der Waals surface area (Å²) < 4.78 is 4.82. The van der Waals surface area contributed by atoms with Gasteiger partial charge in [-0.1, -0.05) is 6.07 Å². The summed E-state index contributed by atoms with van der Waals surface area (Å²) in [6.07, 6.45) is 0. The molecule has 1 rings (SSSR count). The van der Waals surface area contributed by atoms with Crippen molar-refractivity contribution in [3.05, 3.63) is 23.9 Å². The minimum Gasteiger partial charge on any atom is -0.481 e. The lowest BCUT2D eigenvalue weighted by molar-refractivity contribution is 0.0948. The highest BCUT2D eigenvalue weighted by atomic mass is 16.5. The number of ether oxygens (including phenoxy) is 1. The molecule has 1 heterocycles. The van der Waals surface area contributed by atoms with Crippen LogP contribution >= 0.6 is 0 Å². The molecule has 0 saturated carbocycles. The number of carbonyl (C=O) groups excluding carboxylic acids is 1. The van der Waals surface area contributed by atoms with Crippen molar-refractivity contribution in [3.8, 4) is 5.88 Å². The number of aromatic nitrogens is 1.